The van der Waals surface area contributed by atoms with Crippen LogP contribution < -0.4 is 11.1 Å². The van der Waals surface area contributed by atoms with Crippen molar-refractivity contribution in [2.24, 2.45) is 11.7 Å². The number of piperidine rings is 1. The van der Waals surface area contributed by atoms with Gasteiger partial charge in [-0.3, -0.25) is 4.79 Å². The summed E-state index contributed by atoms with van der Waals surface area (Å²) in [4.78, 5) is 12.3. The van der Waals surface area contributed by atoms with E-state index in [1.807, 2.05) is 6.07 Å². The zero-order valence-corrected chi connectivity index (χ0v) is 15.2. The van der Waals surface area contributed by atoms with E-state index in [2.05, 4.69) is 5.32 Å². The quantitative estimate of drug-likeness (QED) is 0.810. The Bertz CT molecular complexity index is 667. The average Bonchev–Trinajstić information content (AvgIpc) is 2.60. The van der Waals surface area contributed by atoms with E-state index in [4.69, 9.17) is 5.73 Å². The van der Waals surface area contributed by atoms with Gasteiger partial charge >= 0.3 is 0 Å². The molecular weight excluding hydrogens is 326 g/mol. The number of carbonyl (C=O) groups is 1. The highest BCUT2D eigenvalue weighted by atomic mass is 32.2. The summed E-state index contributed by atoms with van der Waals surface area (Å²) in [5.74, 6) is -0.417. The Morgan fingerprint density at radius 1 is 1.25 bits per heavy atom. The molecule has 1 amide bonds. The van der Waals surface area contributed by atoms with Gasteiger partial charge in [0, 0.05) is 31.6 Å². The molecule has 0 radical (unpaired) electrons. The second-order valence-corrected chi connectivity index (χ2v) is 8.42. The number of benzene rings is 1. The minimum atomic E-state index is -3.45. The lowest BCUT2D eigenvalue weighted by Crippen LogP contribution is -2.38. The van der Waals surface area contributed by atoms with Crippen molar-refractivity contribution in [3.8, 4) is 0 Å². The van der Waals surface area contributed by atoms with Gasteiger partial charge in [-0.25, -0.2) is 8.42 Å². The van der Waals surface area contributed by atoms with Crippen LogP contribution in [0.2, 0.25) is 0 Å². The van der Waals surface area contributed by atoms with Gasteiger partial charge in [0.05, 0.1) is 4.90 Å². The van der Waals surface area contributed by atoms with E-state index in [9.17, 15) is 13.2 Å². The summed E-state index contributed by atoms with van der Waals surface area (Å²) >= 11 is 0. The Morgan fingerprint density at radius 3 is 2.54 bits per heavy atom. The summed E-state index contributed by atoms with van der Waals surface area (Å²) in [5.41, 5.74) is 6.49. The van der Waals surface area contributed by atoms with Gasteiger partial charge < -0.3 is 11.1 Å². The molecule has 1 aromatic carbocycles. The topological polar surface area (TPSA) is 92.5 Å². The van der Waals surface area contributed by atoms with Gasteiger partial charge in [-0.05, 0) is 37.5 Å². The maximum absolute atomic E-state index is 12.7. The third-order valence-corrected chi connectivity index (χ3v) is 6.41. The summed E-state index contributed by atoms with van der Waals surface area (Å²) in [6.45, 7) is 5.01. The molecule has 1 heterocycles. The van der Waals surface area contributed by atoms with Crippen molar-refractivity contribution in [3.63, 3.8) is 0 Å². The molecule has 1 aliphatic rings. The van der Waals surface area contributed by atoms with Crippen molar-refractivity contribution in [2.75, 3.05) is 13.1 Å². The van der Waals surface area contributed by atoms with E-state index in [0.717, 1.165) is 24.8 Å². The molecule has 1 aromatic rings. The van der Waals surface area contributed by atoms with Crippen molar-refractivity contribution >= 4 is 15.9 Å². The van der Waals surface area contributed by atoms with Gasteiger partial charge in [-0.1, -0.05) is 25.5 Å². The van der Waals surface area contributed by atoms with Crippen molar-refractivity contribution < 1.29 is 13.2 Å². The molecule has 6 nitrogen and oxygen atoms in total. The summed E-state index contributed by atoms with van der Waals surface area (Å²) in [5, 5.41) is 2.81. The number of hydrogen-bond donors (Lipinski definition) is 2. The molecule has 2 atom stereocenters. The molecule has 134 valence electrons. The Hall–Kier alpha value is -1.44. The Morgan fingerprint density at radius 2 is 1.92 bits per heavy atom. The molecule has 0 saturated carbocycles. The lowest BCUT2D eigenvalue weighted by Gasteiger charge is -2.26. The molecule has 1 fully saturated rings. The molecule has 24 heavy (non-hydrogen) atoms. The lowest BCUT2D eigenvalue weighted by molar-refractivity contribution is -0.125. The molecule has 2 unspecified atom stereocenters. The zero-order valence-electron chi connectivity index (χ0n) is 14.4. The second kappa shape index (κ2) is 8.09. The van der Waals surface area contributed by atoms with Gasteiger partial charge in [0.2, 0.25) is 15.9 Å². The number of amides is 1. The smallest absolute Gasteiger partial charge is 0.243 e. The minimum absolute atomic E-state index is 0.130. The third-order valence-electron chi connectivity index (χ3n) is 4.52. The number of nitrogens with zero attached hydrogens (tertiary/aromatic N) is 1. The number of rotatable bonds is 6. The minimum Gasteiger partial charge on any atom is -0.352 e. The van der Waals surface area contributed by atoms with Crippen LogP contribution in [-0.2, 0) is 21.4 Å². The summed E-state index contributed by atoms with van der Waals surface area (Å²) in [7, 11) is -3.45. The van der Waals surface area contributed by atoms with Gasteiger partial charge in [-0.2, -0.15) is 4.31 Å². The van der Waals surface area contributed by atoms with Gasteiger partial charge in [0.25, 0.3) is 0 Å². The van der Waals surface area contributed by atoms with E-state index < -0.39 is 10.0 Å². The molecule has 1 saturated heterocycles. The first-order valence-corrected chi connectivity index (χ1v) is 9.89. The maximum atomic E-state index is 12.7. The second-order valence-electron chi connectivity index (χ2n) is 6.48. The van der Waals surface area contributed by atoms with Crippen LogP contribution in [0.4, 0.5) is 0 Å². The highest BCUT2D eigenvalue weighted by molar-refractivity contribution is 7.89. The van der Waals surface area contributed by atoms with Crippen LogP contribution in [0.25, 0.3) is 0 Å². The fraction of sp³-hybridized carbons (Fsp3) is 0.588. The molecule has 7 heteroatoms. The number of carbonyl (C=O) groups excluding carboxylic acids is 1. The zero-order chi connectivity index (χ0) is 17.7. The number of hydrogen-bond acceptors (Lipinski definition) is 4. The highest BCUT2D eigenvalue weighted by Gasteiger charge is 2.26. The lowest BCUT2D eigenvalue weighted by atomic mass is 10.0. The van der Waals surface area contributed by atoms with Crippen molar-refractivity contribution in [3.05, 3.63) is 29.8 Å². The van der Waals surface area contributed by atoms with Crippen molar-refractivity contribution in [1.29, 1.82) is 0 Å². The summed E-state index contributed by atoms with van der Waals surface area (Å²) < 4.78 is 26.9. The normalized spacial score (nSPS) is 18.8. The molecule has 0 aromatic heterocycles. The molecule has 1 aliphatic heterocycles. The Balaban J connectivity index is 2.07. The van der Waals surface area contributed by atoms with Gasteiger partial charge in [0.15, 0.2) is 0 Å². The van der Waals surface area contributed by atoms with E-state index >= 15 is 0 Å². The average molecular weight is 353 g/mol. The monoisotopic (exact) mass is 353 g/mol. The van der Waals surface area contributed by atoms with Crippen LogP contribution in [0.15, 0.2) is 29.2 Å². The van der Waals surface area contributed by atoms with Crippen LogP contribution in [0.5, 0.6) is 0 Å². The Labute approximate surface area is 144 Å². The van der Waals surface area contributed by atoms with Crippen LogP contribution in [0.1, 0.15) is 38.7 Å². The number of sulfonamides is 1. The summed E-state index contributed by atoms with van der Waals surface area (Å²) in [6.07, 6.45) is 2.89. The number of nitrogens with two attached hydrogens (primary N) is 1. The van der Waals surface area contributed by atoms with Crippen molar-refractivity contribution in [2.45, 2.75) is 50.6 Å². The Kier molecular flexibility index (Phi) is 6.37. The molecule has 0 aliphatic carbocycles. The molecule has 2 rings (SSSR count). The summed E-state index contributed by atoms with van der Waals surface area (Å²) in [6, 6.07) is 6.55. The largest absolute Gasteiger partial charge is 0.352 e. The molecule has 3 N–H and O–H groups in total. The fourth-order valence-electron chi connectivity index (χ4n) is 2.66. The molecule has 0 spiro atoms. The van der Waals surface area contributed by atoms with E-state index in [0.29, 0.717) is 19.6 Å². The SMILES string of the molecule is CC(N)C(C)C(=O)NCc1cccc(S(=O)(=O)N2CCCCC2)c1. The molecule has 0 bridgehead atoms. The van der Waals surface area contributed by atoms with Gasteiger partial charge in [0.1, 0.15) is 0 Å². The van der Waals surface area contributed by atoms with E-state index in [-0.39, 0.29) is 22.8 Å². The third kappa shape index (κ3) is 4.55. The maximum Gasteiger partial charge on any atom is 0.243 e. The van der Waals surface area contributed by atoms with E-state index in [1.165, 1.54) is 0 Å². The standard InChI is InChI=1S/C17H27N3O3S/c1-13(14(2)18)17(21)19-12-15-7-6-8-16(11-15)24(22,23)20-9-4-3-5-10-20/h6-8,11,13-14H,3-5,9-10,12,18H2,1-2H3,(H,19,21). The van der Waals surface area contributed by atoms with Crippen molar-refractivity contribution in [1.82, 2.24) is 9.62 Å². The predicted molar refractivity (Wildman–Crippen MR) is 93.7 cm³/mol. The first-order chi connectivity index (χ1) is 11.3. The van der Waals surface area contributed by atoms with Gasteiger partial charge in [-0.15, -0.1) is 0 Å². The first-order valence-electron chi connectivity index (χ1n) is 8.45. The predicted octanol–water partition coefficient (Wildman–Crippen LogP) is 1.46. The number of nitrogens with one attached hydrogen (secondary N) is 1. The van der Waals surface area contributed by atoms with E-state index in [1.54, 1.807) is 36.4 Å². The molecular formula is C17H27N3O3S. The van der Waals surface area contributed by atoms with Crippen LogP contribution >= 0.6 is 0 Å². The van der Waals surface area contributed by atoms with Crippen LogP contribution in [0, 0.1) is 5.92 Å². The first kappa shape index (κ1) is 18.9. The van der Waals surface area contributed by atoms with Crippen LogP contribution in [0.3, 0.4) is 0 Å². The van der Waals surface area contributed by atoms with Crippen LogP contribution in [-0.4, -0.2) is 37.8 Å². The highest BCUT2D eigenvalue weighted by Crippen LogP contribution is 2.21. The fourth-order valence-corrected chi connectivity index (χ4v) is 4.25.